The number of esters is 3. The lowest BCUT2D eigenvalue weighted by Crippen LogP contribution is -2.40. The van der Waals surface area contributed by atoms with Crippen LogP contribution in [0.3, 0.4) is 0 Å². The van der Waals surface area contributed by atoms with Gasteiger partial charge in [-0.15, -0.1) is 0 Å². The highest BCUT2D eigenvalue weighted by Gasteiger charge is 2.50. The Morgan fingerprint density at radius 1 is 1.17 bits per heavy atom. The lowest BCUT2D eigenvalue weighted by molar-refractivity contribution is -0.166. The number of hydrogen-bond donors (Lipinski definition) is 1. The molecule has 2 N–H and O–H groups in total. The van der Waals surface area contributed by atoms with Crippen molar-refractivity contribution in [3.05, 3.63) is 17.5 Å². The maximum atomic E-state index is 11.7. The molecule has 0 radical (unpaired) electrons. The third-order valence-corrected chi connectivity index (χ3v) is 4.37. The maximum absolute atomic E-state index is 11.7. The molecule has 12 heteroatoms. The normalized spacial score (nSPS) is 23.7. The summed E-state index contributed by atoms with van der Waals surface area (Å²) in [7, 11) is 0. The first-order chi connectivity index (χ1) is 13.7. The number of fused-ring (bicyclic) bond motifs is 1. The molecular weight excluding hydrogens is 408 g/mol. The van der Waals surface area contributed by atoms with E-state index in [1.165, 1.54) is 37.7 Å². The lowest BCUT2D eigenvalue weighted by Gasteiger charge is -2.24. The molecule has 1 aliphatic heterocycles. The van der Waals surface area contributed by atoms with Gasteiger partial charge in [-0.25, -0.2) is 9.97 Å². The fourth-order valence-corrected chi connectivity index (χ4v) is 3.34. The van der Waals surface area contributed by atoms with Gasteiger partial charge in [-0.2, -0.15) is 0 Å². The zero-order chi connectivity index (χ0) is 21.3. The Morgan fingerprint density at radius 2 is 1.83 bits per heavy atom. The quantitative estimate of drug-likeness (QED) is 0.417. The number of nitrogens with two attached hydrogens (primary N) is 1. The average molecular weight is 427 g/mol. The van der Waals surface area contributed by atoms with Crippen LogP contribution in [-0.2, 0) is 33.3 Å². The second-order valence-corrected chi connectivity index (χ2v) is 6.75. The summed E-state index contributed by atoms with van der Waals surface area (Å²) in [6, 6.07) is 1.52. The van der Waals surface area contributed by atoms with Gasteiger partial charge < -0.3 is 24.7 Å². The molecule has 1 saturated heterocycles. The topological polar surface area (TPSA) is 145 Å². The Bertz CT molecular complexity index is 963. The molecule has 1 aliphatic rings. The molecule has 3 heterocycles. The number of anilines is 1. The van der Waals surface area contributed by atoms with Crippen LogP contribution in [-0.4, -0.2) is 57.4 Å². The third kappa shape index (κ3) is 4.40. The maximum Gasteiger partial charge on any atom is 0.303 e. The van der Waals surface area contributed by atoms with Gasteiger partial charge in [0.1, 0.15) is 23.4 Å². The van der Waals surface area contributed by atoms with Gasteiger partial charge in [0, 0.05) is 26.8 Å². The highest BCUT2D eigenvalue weighted by atomic mass is 35.5. The zero-order valence-electron chi connectivity index (χ0n) is 15.8. The van der Waals surface area contributed by atoms with E-state index in [9.17, 15) is 14.4 Å². The van der Waals surface area contributed by atoms with E-state index in [-0.39, 0.29) is 17.6 Å². The number of carbonyl (C=O) groups is 3. The van der Waals surface area contributed by atoms with Crippen molar-refractivity contribution in [3.8, 4) is 0 Å². The standard InChI is InChI=1S/C17H19ClN4O7/c1-7(23)26-5-11-14(27-8(2)24)15(28-9(3)25)17(29-11)22-6-20-13-10(22)4-12(18)21-16(13)19/h4,6,11,14-15,17H,5H2,1-3H3,(H2,19,21)/t11-,14+,15+,17-/m0/s1. The minimum atomic E-state index is -1.04. The van der Waals surface area contributed by atoms with Crippen molar-refractivity contribution in [3.63, 3.8) is 0 Å². The first-order valence-corrected chi connectivity index (χ1v) is 8.97. The molecule has 1 fully saturated rings. The Hall–Kier alpha value is -2.92. The number of halogens is 1. The van der Waals surface area contributed by atoms with Gasteiger partial charge >= 0.3 is 17.9 Å². The second-order valence-electron chi connectivity index (χ2n) is 6.37. The van der Waals surface area contributed by atoms with Crippen LogP contribution in [0.5, 0.6) is 0 Å². The Morgan fingerprint density at radius 3 is 2.45 bits per heavy atom. The minimum Gasteiger partial charge on any atom is -0.463 e. The van der Waals surface area contributed by atoms with Crippen LogP contribution in [0.2, 0.25) is 5.15 Å². The van der Waals surface area contributed by atoms with Crippen molar-refractivity contribution in [2.75, 3.05) is 12.3 Å². The summed E-state index contributed by atoms with van der Waals surface area (Å²) in [5.74, 6) is -1.66. The highest BCUT2D eigenvalue weighted by Crippen LogP contribution is 2.37. The Balaban J connectivity index is 2.04. The molecule has 0 aromatic carbocycles. The van der Waals surface area contributed by atoms with Crippen LogP contribution in [0.25, 0.3) is 11.0 Å². The molecule has 156 valence electrons. The summed E-state index contributed by atoms with van der Waals surface area (Å²) in [5, 5.41) is 0.131. The number of imidazole rings is 1. The second kappa shape index (κ2) is 8.21. The fraction of sp³-hybridized carbons (Fsp3) is 0.471. The number of ether oxygens (including phenoxy) is 4. The molecule has 0 bridgehead atoms. The van der Waals surface area contributed by atoms with E-state index in [0.717, 1.165) is 0 Å². The molecule has 2 aromatic heterocycles. The number of rotatable bonds is 5. The van der Waals surface area contributed by atoms with E-state index >= 15 is 0 Å². The number of pyridine rings is 1. The monoisotopic (exact) mass is 426 g/mol. The van der Waals surface area contributed by atoms with Crippen LogP contribution >= 0.6 is 11.6 Å². The van der Waals surface area contributed by atoms with Crippen LogP contribution in [0.1, 0.15) is 27.0 Å². The molecule has 4 atom stereocenters. The van der Waals surface area contributed by atoms with E-state index in [4.69, 9.17) is 36.3 Å². The van der Waals surface area contributed by atoms with Gasteiger partial charge in [0.15, 0.2) is 24.3 Å². The predicted molar refractivity (Wildman–Crippen MR) is 98.6 cm³/mol. The SMILES string of the molecule is CC(=O)OC[C@@H]1O[C@H](n2cnc3c(N)nc(Cl)cc32)[C@H](OC(C)=O)[C@@H]1OC(C)=O. The van der Waals surface area contributed by atoms with Crippen molar-refractivity contribution in [2.24, 2.45) is 0 Å². The van der Waals surface area contributed by atoms with Crippen LogP contribution in [0, 0.1) is 0 Å². The van der Waals surface area contributed by atoms with Crippen molar-refractivity contribution < 1.29 is 33.3 Å². The number of aromatic nitrogens is 3. The summed E-state index contributed by atoms with van der Waals surface area (Å²) in [5.41, 5.74) is 6.70. The van der Waals surface area contributed by atoms with E-state index in [1.54, 1.807) is 0 Å². The van der Waals surface area contributed by atoms with E-state index < -0.39 is 42.4 Å². The number of nitrogens with zero attached hydrogens (tertiary/aromatic N) is 3. The number of nitrogen functional groups attached to an aromatic ring is 1. The molecule has 0 unspecified atom stereocenters. The molecule has 0 saturated carbocycles. The highest BCUT2D eigenvalue weighted by molar-refractivity contribution is 6.30. The molecule has 0 amide bonds. The van der Waals surface area contributed by atoms with Gasteiger partial charge in [0.25, 0.3) is 0 Å². The first kappa shape index (κ1) is 20.8. The molecule has 0 aliphatic carbocycles. The minimum absolute atomic E-state index is 0.112. The van der Waals surface area contributed by atoms with Crippen LogP contribution in [0.4, 0.5) is 5.82 Å². The molecule has 0 spiro atoms. The third-order valence-electron chi connectivity index (χ3n) is 4.17. The van der Waals surface area contributed by atoms with E-state index in [2.05, 4.69) is 9.97 Å². The van der Waals surface area contributed by atoms with Crippen molar-refractivity contribution in [1.29, 1.82) is 0 Å². The predicted octanol–water partition coefficient (Wildman–Crippen LogP) is 0.991. The van der Waals surface area contributed by atoms with Gasteiger partial charge in [0.05, 0.1) is 11.8 Å². The van der Waals surface area contributed by atoms with Crippen molar-refractivity contribution >= 4 is 46.4 Å². The van der Waals surface area contributed by atoms with Crippen molar-refractivity contribution in [1.82, 2.24) is 14.5 Å². The van der Waals surface area contributed by atoms with Gasteiger partial charge in [0.2, 0.25) is 0 Å². The zero-order valence-corrected chi connectivity index (χ0v) is 16.6. The van der Waals surface area contributed by atoms with Crippen molar-refractivity contribution in [2.45, 2.75) is 45.3 Å². The summed E-state index contributed by atoms with van der Waals surface area (Å²) < 4.78 is 23.2. The molecule has 11 nitrogen and oxygen atoms in total. The summed E-state index contributed by atoms with van der Waals surface area (Å²) in [4.78, 5) is 42.7. The molecular formula is C17H19ClN4O7. The largest absolute Gasteiger partial charge is 0.463 e. The summed E-state index contributed by atoms with van der Waals surface area (Å²) in [6.45, 7) is 3.45. The van der Waals surface area contributed by atoms with Crippen LogP contribution < -0.4 is 5.73 Å². The molecule has 29 heavy (non-hydrogen) atoms. The number of hydrogen-bond acceptors (Lipinski definition) is 10. The Kier molecular flexibility index (Phi) is 5.89. The summed E-state index contributed by atoms with van der Waals surface area (Å²) in [6.07, 6.45) is -2.48. The van der Waals surface area contributed by atoms with Gasteiger partial charge in [-0.3, -0.25) is 19.0 Å². The van der Waals surface area contributed by atoms with Gasteiger partial charge in [-0.05, 0) is 0 Å². The Labute approximate surface area is 170 Å². The van der Waals surface area contributed by atoms with E-state index in [0.29, 0.717) is 11.0 Å². The smallest absolute Gasteiger partial charge is 0.303 e. The fourth-order valence-electron chi connectivity index (χ4n) is 3.14. The van der Waals surface area contributed by atoms with E-state index in [1.807, 2.05) is 0 Å². The molecule has 3 rings (SSSR count). The van der Waals surface area contributed by atoms with Gasteiger partial charge in [-0.1, -0.05) is 11.6 Å². The summed E-state index contributed by atoms with van der Waals surface area (Å²) >= 11 is 6.01. The lowest BCUT2D eigenvalue weighted by atomic mass is 10.1. The van der Waals surface area contributed by atoms with Crippen LogP contribution in [0.15, 0.2) is 12.4 Å². The average Bonchev–Trinajstić information content (AvgIpc) is 3.15. The first-order valence-electron chi connectivity index (χ1n) is 8.59. The number of carbonyl (C=O) groups excluding carboxylic acids is 3. The molecule has 2 aromatic rings.